The summed E-state index contributed by atoms with van der Waals surface area (Å²) in [6.45, 7) is 0.422. The van der Waals surface area contributed by atoms with Crippen LogP contribution in [-0.4, -0.2) is 30.9 Å². The van der Waals surface area contributed by atoms with Crippen molar-refractivity contribution >= 4 is 68.2 Å². The minimum Gasteiger partial charge on any atom is -0.322 e. The number of thioether (sulfide) groups is 1. The highest BCUT2D eigenvalue weighted by Gasteiger charge is 2.34. The molecule has 1 fully saturated rings. The van der Waals surface area contributed by atoms with Crippen molar-refractivity contribution in [3.63, 3.8) is 0 Å². The monoisotopic (exact) mass is 679 g/mol. The number of hydrogen-bond donors (Lipinski definition) is 2. The van der Waals surface area contributed by atoms with Gasteiger partial charge >= 0.3 is 6.18 Å². The van der Waals surface area contributed by atoms with Crippen LogP contribution in [0.15, 0.2) is 95.9 Å². The first-order chi connectivity index (χ1) is 20.8. The molecule has 1 aliphatic rings. The van der Waals surface area contributed by atoms with Gasteiger partial charge in [0, 0.05) is 28.5 Å². The van der Waals surface area contributed by atoms with Crippen molar-refractivity contribution < 1.29 is 31.2 Å². The van der Waals surface area contributed by atoms with E-state index in [0.29, 0.717) is 34.6 Å². The zero-order valence-corrected chi connectivity index (χ0v) is 25.6. The summed E-state index contributed by atoms with van der Waals surface area (Å²) in [6.07, 6.45) is -4.76. The lowest BCUT2D eigenvalue weighted by Gasteiger charge is -2.24. The minimum absolute atomic E-state index is 0.0108. The van der Waals surface area contributed by atoms with Crippen LogP contribution in [0.3, 0.4) is 0 Å². The summed E-state index contributed by atoms with van der Waals surface area (Å²) in [5, 5.41) is 2.52. The van der Waals surface area contributed by atoms with Crippen LogP contribution in [0.1, 0.15) is 32.4 Å². The molecular weight excluding hydrogens is 658 g/mol. The van der Waals surface area contributed by atoms with Gasteiger partial charge in [-0.3, -0.25) is 14.3 Å². The third kappa shape index (κ3) is 7.32. The number of nitrogens with zero attached hydrogens (tertiary/aromatic N) is 1. The normalized spacial score (nSPS) is 15.3. The van der Waals surface area contributed by atoms with Gasteiger partial charge in [-0.25, -0.2) is 8.42 Å². The van der Waals surface area contributed by atoms with Crippen LogP contribution in [0.25, 0.3) is 0 Å². The van der Waals surface area contributed by atoms with Gasteiger partial charge in [0.2, 0.25) is 5.91 Å². The fourth-order valence-corrected chi connectivity index (χ4v) is 7.02. The first kappa shape index (κ1) is 31.7. The number of carbonyl (C=O) groups is 2. The van der Waals surface area contributed by atoms with Crippen LogP contribution >= 0.6 is 35.0 Å². The van der Waals surface area contributed by atoms with Gasteiger partial charge in [0.15, 0.2) is 0 Å². The van der Waals surface area contributed by atoms with Gasteiger partial charge in [-0.1, -0.05) is 47.5 Å². The highest BCUT2D eigenvalue weighted by Crippen LogP contribution is 2.40. The standard InChI is InChI=1S/C30H22Cl2F3N3O4S2/c31-21-7-1-18(2-8-21)16-38-27(39)17-43-29(38)20-5-3-19(4-6-20)28(40)36-22-9-12-24(13-10-22)44(41,42)37-23-11-14-26(32)25(15-23)30(33,34)35/h1-15,29,37H,16-17H2,(H,36,40)/t29-/m0/s1. The zero-order valence-electron chi connectivity index (χ0n) is 22.4. The number of sulfonamides is 1. The summed E-state index contributed by atoms with van der Waals surface area (Å²) in [4.78, 5) is 27.0. The minimum atomic E-state index is -4.76. The van der Waals surface area contributed by atoms with Gasteiger partial charge < -0.3 is 10.2 Å². The Balaban J connectivity index is 1.23. The molecule has 0 unspecified atom stereocenters. The van der Waals surface area contributed by atoms with Gasteiger partial charge in [-0.15, -0.1) is 11.8 Å². The van der Waals surface area contributed by atoms with E-state index in [4.69, 9.17) is 23.2 Å². The van der Waals surface area contributed by atoms with Crippen molar-refractivity contribution in [3.8, 4) is 0 Å². The number of carbonyl (C=O) groups excluding carboxylic acids is 2. The lowest BCUT2D eigenvalue weighted by Crippen LogP contribution is -2.27. The van der Waals surface area contributed by atoms with E-state index < -0.39 is 32.7 Å². The Hall–Kier alpha value is -3.71. The summed E-state index contributed by atoms with van der Waals surface area (Å²) in [6, 6.07) is 22.0. The smallest absolute Gasteiger partial charge is 0.322 e. The second-order valence-electron chi connectivity index (χ2n) is 9.71. The SMILES string of the molecule is O=C(Nc1ccc(S(=O)(=O)Nc2ccc(Cl)c(C(F)(F)F)c2)cc1)c1ccc([C@@H]2SCC(=O)N2Cc2ccc(Cl)cc2)cc1. The maximum atomic E-state index is 13.1. The predicted octanol–water partition coefficient (Wildman–Crippen LogP) is 7.84. The first-order valence-electron chi connectivity index (χ1n) is 12.9. The molecule has 4 aromatic rings. The maximum Gasteiger partial charge on any atom is 0.417 e. The number of alkyl halides is 3. The van der Waals surface area contributed by atoms with Crippen LogP contribution in [0, 0.1) is 0 Å². The van der Waals surface area contributed by atoms with Gasteiger partial charge in [0.1, 0.15) is 5.37 Å². The fourth-order valence-electron chi connectivity index (χ4n) is 4.43. The number of amides is 2. The predicted molar refractivity (Wildman–Crippen MR) is 165 cm³/mol. The van der Waals surface area contributed by atoms with Gasteiger partial charge in [0.25, 0.3) is 15.9 Å². The van der Waals surface area contributed by atoms with E-state index in [9.17, 15) is 31.2 Å². The second kappa shape index (κ2) is 12.7. The van der Waals surface area contributed by atoms with Crippen molar-refractivity contribution in [3.05, 3.63) is 123 Å². The molecule has 7 nitrogen and oxygen atoms in total. The highest BCUT2D eigenvalue weighted by molar-refractivity contribution is 8.00. The Morgan fingerprint density at radius 1 is 0.909 bits per heavy atom. The zero-order chi connectivity index (χ0) is 31.6. The first-order valence-corrected chi connectivity index (χ1v) is 16.2. The highest BCUT2D eigenvalue weighted by atomic mass is 35.5. The van der Waals surface area contributed by atoms with E-state index in [-0.39, 0.29) is 21.9 Å². The molecule has 4 aromatic carbocycles. The molecular formula is C30H22Cl2F3N3O4S2. The maximum absolute atomic E-state index is 13.1. The molecule has 5 rings (SSSR count). The number of rotatable bonds is 8. The molecule has 1 atom stereocenters. The molecule has 1 aliphatic heterocycles. The Bertz CT molecular complexity index is 1800. The fraction of sp³-hybridized carbons (Fsp3) is 0.133. The molecule has 14 heteroatoms. The van der Waals surface area contributed by atoms with Crippen molar-refractivity contribution in [1.82, 2.24) is 4.90 Å². The van der Waals surface area contributed by atoms with Crippen LogP contribution in [0.4, 0.5) is 24.5 Å². The van der Waals surface area contributed by atoms with E-state index in [2.05, 4.69) is 10.0 Å². The Morgan fingerprint density at radius 2 is 1.55 bits per heavy atom. The molecule has 0 bridgehead atoms. The van der Waals surface area contributed by atoms with E-state index >= 15 is 0 Å². The molecule has 0 aliphatic carbocycles. The van der Waals surface area contributed by atoms with Crippen molar-refractivity contribution in [2.24, 2.45) is 0 Å². The average molecular weight is 681 g/mol. The number of halogens is 5. The van der Waals surface area contributed by atoms with Gasteiger partial charge in [-0.2, -0.15) is 13.2 Å². The number of hydrogen-bond acceptors (Lipinski definition) is 5. The van der Waals surface area contributed by atoms with E-state index in [1.165, 1.54) is 36.0 Å². The molecule has 0 radical (unpaired) electrons. The van der Waals surface area contributed by atoms with Crippen LogP contribution in [-0.2, 0) is 27.5 Å². The second-order valence-corrected chi connectivity index (χ2v) is 13.3. The topological polar surface area (TPSA) is 95.6 Å². The Morgan fingerprint density at radius 3 is 2.18 bits per heavy atom. The van der Waals surface area contributed by atoms with Crippen molar-refractivity contribution in [2.45, 2.75) is 23.0 Å². The molecule has 0 spiro atoms. The summed E-state index contributed by atoms with van der Waals surface area (Å²) in [5.41, 5.74) is 0.967. The number of nitrogens with one attached hydrogen (secondary N) is 2. The van der Waals surface area contributed by atoms with Crippen molar-refractivity contribution in [1.29, 1.82) is 0 Å². The largest absolute Gasteiger partial charge is 0.417 e. The van der Waals surface area contributed by atoms with Gasteiger partial charge in [-0.05, 0) is 77.9 Å². The molecule has 2 amide bonds. The summed E-state index contributed by atoms with van der Waals surface area (Å²) >= 11 is 13.1. The van der Waals surface area contributed by atoms with Gasteiger partial charge in [0.05, 0.1) is 21.2 Å². The van der Waals surface area contributed by atoms with Crippen molar-refractivity contribution in [2.75, 3.05) is 15.8 Å². The Kier molecular flexibility index (Phi) is 9.17. The molecule has 2 N–H and O–H groups in total. The third-order valence-corrected chi connectivity index (χ3v) is 9.87. The summed E-state index contributed by atoms with van der Waals surface area (Å²) in [7, 11) is -4.24. The third-order valence-electron chi connectivity index (χ3n) is 6.64. The average Bonchev–Trinajstić information content (AvgIpc) is 3.34. The van der Waals surface area contributed by atoms with Crippen LogP contribution < -0.4 is 10.0 Å². The quantitative estimate of drug-likeness (QED) is 0.198. The number of anilines is 2. The number of benzene rings is 4. The lowest BCUT2D eigenvalue weighted by molar-refractivity contribution is -0.137. The Labute approximate surface area is 265 Å². The molecule has 1 saturated heterocycles. The summed E-state index contributed by atoms with van der Waals surface area (Å²) in [5.74, 6) is -0.0910. The lowest BCUT2D eigenvalue weighted by atomic mass is 10.1. The van der Waals surface area contributed by atoms with E-state index in [1.807, 2.05) is 12.1 Å². The molecule has 44 heavy (non-hydrogen) atoms. The molecule has 0 saturated carbocycles. The molecule has 1 heterocycles. The molecule has 0 aromatic heterocycles. The molecule has 228 valence electrons. The van der Waals surface area contributed by atoms with Crippen LogP contribution in [0.5, 0.6) is 0 Å². The van der Waals surface area contributed by atoms with Crippen LogP contribution in [0.2, 0.25) is 10.0 Å². The van der Waals surface area contributed by atoms with E-state index in [0.717, 1.165) is 23.3 Å². The van der Waals surface area contributed by atoms with E-state index in [1.54, 1.807) is 41.3 Å². The summed E-state index contributed by atoms with van der Waals surface area (Å²) < 4.78 is 67.1.